The van der Waals surface area contributed by atoms with Gasteiger partial charge < -0.3 is 4.74 Å². The Morgan fingerprint density at radius 3 is 2.92 bits per heavy atom. The minimum Gasteiger partial charge on any atom is -0.453 e. The van der Waals surface area contributed by atoms with Gasteiger partial charge in [0.05, 0.1) is 29.2 Å². The zero-order chi connectivity index (χ0) is 18.9. The van der Waals surface area contributed by atoms with E-state index < -0.39 is 21.0 Å². The first-order valence-corrected chi connectivity index (χ1v) is 9.65. The Balaban J connectivity index is 1.84. The van der Waals surface area contributed by atoms with Crippen LogP contribution in [0.4, 0.5) is 15.6 Å². The smallest absolute Gasteiger partial charge is 0.413 e. The number of anilines is 1. The summed E-state index contributed by atoms with van der Waals surface area (Å²) < 4.78 is 31.4. The van der Waals surface area contributed by atoms with E-state index in [9.17, 15) is 23.3 Å². The molecule has 1 aliphatic rings. The molecule has 0 bridgehead atoms. The van der Waals surface area contributed by atoms with Crippen molar-refractivity contribution >= 4 is 38.3 Å². The first kappa shape index (κ1) is 18.2. The summed E-state index contributed by atoms with van der Waals surface area (Å²) in [6.07, 6.45) is -0.278. The molecule has 3 rings (SSSR count). The molecule has 0 fully saturated rings. The van der Waals surface area contributed by atoms with Gasteiger partial charge >= 0.3 is 6.09 Å². The van der Waals surface area contributed by atoms with Gasteiger partial charge in [0.2, 0.25) is 10.0 Å². The molecule has 1 amide bonds. The second-order valence-corrected chi connectivity index (χ2v) is 8.37. The number of amides is 1. The number of rotatable bonds is 4. The minimum absolute atomic E-state index is 0.0842. The minimum atomic E-state index is -3.88. The Labute approximate surface area is 152 Å². The number of hydrogen-bond donors (Lipinski definition) is 1. The van der Waals surface area contributed by atoms with E-state index in [4.69, 9.17) is 0 Å². The molecule has 1 aromatic heterocycles. The zero-order valence-electron chi connectivity index (χ0n) is 13.5. The van der Waals surface area contributed by atoms with E-state index in [1.807, 2.05) is 0 Å². The highest BCUT2D eigenvalue weighted by Crippen LogP contribution is 2.31. The van der Waals surface area contributed by atoms with Crippen molar-refractivity contribution in [1.29, 1.82) is 0 Å². The van der Waals surface area contributed by atoms with Crippen molar-refractivity contribution < 1.29 is 22.9 Å². The zero-order valence-corrected chi connectivity index (χ0v) is 15.2. The van der Waals surface area contributed by atoms with Gasteiger partial charge in [0.15, 0.2) is 5.13 Å². The van der Waals surface area contributed by atoms with E-state index >= 15 is 0 Å². The Morgan fingerprint density at radius 1 is 1.46 bits per heavy atom. The summed E-state index contributed by atoms with van der Waals surface area (Å²) in [5.74, 6) is 0. The van der Waals surface area contributed by atoms with E-state index in [1.165, 1.54) is 29.6 Å². The second-order valence-electron chi connectivity index (χ2n) is 5.35. The first-order chi connectivity index (χ1) is 12.3. The normalized spacial score (nSPS) is 14.5. The maximum absolute atomic E-state index is 12.8. The summed E-state index contributed by atoms with van der Waals surface area (Å²) in [4.78, 5) is 26.3. The molecule has 0 saturated carbocycles. The number of thiazole rings is 1. The van der Waals surface area contributed by atoms with Crippen LogP contribution in [0.3, 0.4) is 0 Å². The van der Waals surface area contributed by atoms with Gasteiger partial charge in [-0.25, -0.2) is 18.2 Å². The highest BCUT2D eigenvalue weighted by atomic mass is 32.2. The molecule has 0 spiro atoms. The number of fused-ring (bicyclic) bond motifs is 1. The van der Waals surface area contributed by atoms with Crippen LogP contribution in [0.15, 0.2) is 29.2 Å². The number of benzene rings is 1. The molecular formula is C14H14N4O6S2. The number of nitro groups is 1. The predicted octanol–water partition coefficient (Wildman–Crippen LogP) is 1.98. The Morgan fingerprint density at radius 2 is 2.23 bits per heavy atom. The van der Waals surface area contributed by atoms with Crippen molar-refractivity contribution in [3.05, 3.63) is 45.0 Å². The summed E-state index contributed by atoms with van der Waals surface area (Å²) in [6, 6.07) is 4.95. The number of sulfonamides is 1. The van der Waals surface area contributed by atoms with Crippen LogP contribution in [0, 0.1) is 10.1 Å². The molecule has 2 aromatic rings. The van der Waals surface area contributed by atoms with Gasteiger partial charge in [0, 0.05) is 30.0 Å². The number of nitrogens with zero attached hydrogens (tertiary/aromatic N) is 3. The van der Waals surface area contributed by atoms with Crippen LogP contribution >= 0.6 is 11.3 Å². The molecule has 2 heterocycles. The topological polar surface area (TPSA) is 132 Å². The fourth-order valence-corrected chi connectivity index (χ4v) is 5.02. The van der Waals surface area contributed by atoms with Gasteiger partial charge in [-0.1, -0.05) is 17.4 Å². The molecule has 12 heteroatoms. The lowest BCUT2D eigenvalue weighted by atomic mass is 10.2. The second kappa shape index (κ2) is 6.97. The van der Waals surface area contributed by atoms with Crippen LogP contribution in [-0.2, 0) is 27.7 Å². The van der Waals surface area contributed by atoms with Crippen LogP contribution in [0.1, 0.15) is 10.6 Å². The number of carbonyl (C=O) groups excluding carboxylic acids is 1. The largest absolute Gasteiger partial charge is 0.453 e. The first-order valence-electron chi connectivity index (χ1n) is 7.39. The van der Waals surface area contributed by atoms with E-state index in [0.29, 0.717) is 22.1 Å². The van der Waals surface area contributed by atoms with Gasteiger partial charge in [-0.15, -0.1) is 0 Å². The van der Waals surface area contributed by atoms with Crippen LogP contribution in [-0.4, -0.2) is 42.4 Å². The molecule has 0 radical (unpaired) electrons. The number of ether oxygens (including phenoxy) is 1. The fraction of sp³-hybridized carbons (Fsp3) is 0.286. The Kier molecular flexibility index (Phi) is 4.89. The van der Waals surface area contributed by atoms with Crippen LogP contribution in [0.25, 0.3) is 0 Å². The lowest BCUT2D eigenvalue weighted by molar-refractivity contribution is -0.385. The number of methoxy groups -OCH3 is 1. The van der Waals surface area contributed by atoms with Crippen LogP contribution in [0.5, 0.6) is 0 Å². The van der Waals surface area contributed by atoms with E-state index in [0.717, 1.165) is 17.4 Å². The highest BCUT2D eigenvalue weighted by Gasteiger charge is 2.31. The number of aromatic nitrogens is 1. The van der Waals surface area contributed by atoms with Crippen molar-refractivity contribution in [1.82, 2.24) is 9.29 Å². The molecule has 10 nitrogen and oxygen atoms in total. The molecular weight excluding hydrogens is 384 g/mol. The van der Waals surface area contributed by atoms with E-state index in [-0.39, 0.29) is 23.7 Å². The van der Waals surface area contributed by atoms with Crippen molar-refractivity contribution in [2.24, 2.45) is 0 Å². The molecule has 0 atom stereocenters. The molecule has 1 N–H and O–H groups in total. The number of carbonyl (C=O) groups is 1. The maximum atomic E-state index is 12.8. The highest BCUT2D eigenvalue weighted by molar-refractivity contribution is 7.89. The lowest BCUT2D eigenvalue weighted by Gasteiger charge is -2.25. The average Bonchev–Trinajstić information content (AvgIpc) is 3.02. The molecule has 0 saturated heterocycles. The quantitative estimate of drug-likeness (QED) is 0.615. The summed E-state index contributed by atoms with van der Waals surface area (Å²) in [7, 11) is -2.65. The molecule has 26 heavy (non-hydrogen) atoms. The Bertz CT molecular complexity index is 972. The summed E-state index contributed by atoms with van der Waals surface area (Å²) in [6.45, 7) is 0.278. The monoisotopic (exact) mass is 398 g/mol. The molecule has 0 unspecified atom stereocenters. The lowest BCUT2D eigenvalue weighted by Crippen LogP contribution is -2.35. The Hall–Kier alpha value is -2.57. The summed E-state index contributed by atoms with van der Waals surface area (Å²) in [5, 5.41) is 13.7. The van der Waals surface area contributed by atoms with Gasteiger partial charge in [0.1, 0.15) is 0 Å². The number of nitrogens with one attached hydrogen (secondary N) is 1. The van der Waals surface area contributed by atoms with Crippen molar-refractivity contribution in [3.8, 4) is 0 Å². The van der Waals surface area contributed by atoms with Gasteiger partial charge in [0.25, 0.3) is 5.69 Å². The fourth-order valence-electron chi connectivity index (χ4n) is 2.48. The molecule has 1 aromatic carbocycles. The van der Waals surface area contributed by atoms with Gasteiger partial charge in [-0.2, -0.15) is 4.31 Å². The van der Waals surface area contributed by atoms with Gasteiger partial charge in [-0.05, 0) is 6.07 Å². The molecule has 0 aliphatic carbocycles. The molecule has 1 aliphatic heterocycles. The number of non-ortho nitro benzene ring substituents is 1. The SMILES string of the molecule is COC(=O)Nc1nc2c(s1)CN(S(=O)(=O)c1cccc([N+](=O)[O-])c1)CC2. The number of hydrogen-bond acceptors (Lipinski definition) is 8. The average molecular weight is 398 g/mol. The van der Waals surface area contributed by atoms with Crippen molar-refractivity contribution in [2.75, 3.05) is 19.0 Å². The van der Waals surface area contributed by atoms with Crippen molar-refractivity contribution in [3.63, 3.8) is 0 Å². The van der Waals surface area contributed by atoms with Crippen molar-refractivity contribution in [2.45, 2.75) is 17.9 Å². The van der Waals surface area contributed by atoms with E-state index in [1.54, 1.807) is 0 Å². The third kappa shape index (κ3) is 3.52. The maximum Gasteiger partial charge on any atom is 0.413 e. The van der Waals surface area contributed by atoms with Crippen LogP contribution < -0.4 is 5.32 Å². The van der Waals surface area contributed by atoms with Gasteiger partial charge in [-0.3, -0.25) is 15.4 Å². The van der Waals surface area contributed by atoms with Crippen LogP contribution in [0.2, 0.25) is 0 Å². The summed E-state index contributed by atoms with van der Waals surface area (Å²) in [5.41, 5.74) is 0.429. The third-order valence-electron chi connectivity index (χ3n) is 3.76. The summed E-state index contributed by atoms with van der Waals surface area (Å²) >= 11 is 1.16. The molecule has 138 valence electrons. The predicted molar refractivity (Wildman–Crippen MR) is 92.5 cm³/mol. The van der Waals surface area contributed by atoms with E-state index in [2.05, 4.69) is 15.0 Å². The number of nitro benzene ring substituents is 1. The third-order valence-corrected chi connectivity index (χ3v) is 6.60. The standard InChI is InChI=1S/C14H14N4O6S2/c1-24-14(19)16-13-15-11-5-6-17(8-12(11)25-13)26(22,23)10-4-2-3-9(7-10)18(20)21/h2-4,7H,5-6,8H2,1H3,(H,15,16,19).